The highest BCUT2D eigenvalue weighted by molar-refractivity contribution is 14.0. The number of unbranched alkanes of at least 4 members (excludes halogenated alkanes) is 3. The molecule has 0 aliphatic carbocycles. The van der Waals surface area contributed by atoms with Crippen LogP contribution < -0.4 is 10.6 Å². The number of nitrogens with zero attached hydrogens (tertiary/aromatic N) is 3. The predicted octanol–water partition coefficient (Wildman–Crippen LogP) is 3.72. The van der Waals surface area contributed by atoms with Crippen molar-refractivity contribution in [2.24, 2.45) is 12.0 Å². The molecule has 0 radical (unpaired) electrons. The van der Waals surface area contributed by atoms with Crippen molar-refractivity contribution in [3.63, 3.8) is 0 Å². The molecule has 140 valence electrons. The molecule has 0 saturated heterocycles. The number of rotatable bonds is 9. The fraction of sp³-hybridized carbons (Fsp3) is 0.778. The van der Waals surface area contributed by atoms with E-state index in [4.69, 9.17) is 4.99 Å². The van der Waals surface area contributed by atoms with E-state index in [1.807, 2.05) is 11.7 Å². The second kappa shape index (κ2) is 12.6. The van der Waals surface area contributed by atoms with Gasteiger partial charge in [-0.15, -0.1) is 24.0 Å². The molecule has 1 unspecified atom stereocenters. The lowest BCUT2D eigenvalue weighted by Gasteiger charge is -2.18. The van der Waals surface area contributed by atoms with Crippen molar-refractivity contribution in [1.82, 2.24) is 20.4 Å². The van der Waals surface area contributed by atoms with E-state index >= 15 is 0 Å². The molecule has 1 atom stereocenters. The van der Waals surface area contributed by atoms with E-state index in [1.54, 1.807) is 0 Å². The molecule has 0 fully saturated rings. The van der Waals surface area contributed by atoms with E-state index < -0.39 is 0 Å². The van der Waals surface area contributed by atoms with Crippen molar-refractivity contribution in [3.8, 4) is 0 Å². The highest BCUT2D eigenvalue weighted by Gasteiger charge is 2.13. The number of aryl methyl sites for hydroxylation is 2. The van der Waals surface area contributed by atoms with E-state index in [1.165, 1.54) is 36.9 Å². The highest BCUT2D eigenvalue weighted by Crippen LogP contribution is 2.14. The standard InChI is InChI=1S/C18H35N5.HI/c1-7-9-10-11-12-20-18(19-8-2)21-14(3)13-17-15(4)22-23(6)16(17)5;/h14H,7-13H2,1-6H3,(H2,19,20,21);1H. The molecule has 0 saturated carbocycles. The largest absolute Gasteiger partial charge is 0.357 e. The summed E-state index contributed by atoms with van der Waals surface area (Å²) in [6.07, 6.45) is 5.97. The lowest BCUT2D eigenvalue weighted by atomic mass is 10.1. The Kier molecular flexibility index (Phi) is 12.1. The van der Waals surface area contributed by atoms with E-state index in [0.717, 1.165) is 31.2 Å². The van der Waals surface area contributed by atoms with Crippen molar-refractivity contribution in [2.45, 2.75) is 72.8 Å². The van der Waals surface area contributed by atoms with Crippen LogP contribution >= 0.6 is 24.0 Å². The van der Waals surface area contributed by atoms with Gasteiger partial charge in [0, 0.05) is 31.9 Å². The van der Waals surface area contributed by atoms with Gasteiger partial charge in [0.15, 0.2) is 5.96 Å². The van der Waals surface area contributed by atoms with Gasteiger partial charge in [-0.25, -0.2) is 0 Å². The molecule has 0 aliphatic rings. The quantitative estimate of drug-likeness (QED) is 0.262. The van der Waals surface area contributed by atoms with Crippen LogP contribution in [0.5, 0.6) is 0 Å². The van der Waals surface area contributed by atoms with Crippen molar-refractivity contribution in [3.05, 3.63) is 17.0 Å². The molecular weight excluding hydrogens is 413 g/mol. The second-order valence-electron chi connectivity index (χ2n) is 6.34. The summed E-state index contributed by atoms with van der Waals surface area (Å²) in [7, 11) is 2.01. The molecule has 1 heterocycles. The van der Waals surface area contributed by atoms with Crippen LogP contribution in [0.2, 0.25) is 0 Å². The van der Waals surface area contributed by atoms with Crippen LogP contribution in [0.15, 0.2) is 4.99 Å². The van der Waals surface area contributed by atoms with Crippen LogP contribution in [-0.2, 0) is 13.5 Å². The maximum atomic E-state index is 4.69. The van der Waals surface area contributed by atoms with Crippen molar-refractivity contribution in [1.29, 1.82) is 0 Å². The van der Waals surface area contributed by atoms with Gasteiger partial charge < -0.3 is 10.6 Å². The summed E-state index contributed by atoms with van der Waals surface area (Å²) < 4.78 is 1.96. The molecule has 1 aromatic rings. The molecule has 6 heteroatoms. The van der Waals surface area contributed by atoms with Crippen molar-refractivity contribution in [2.75, 3.05) is 13.1 Å². The van der Waals surface area contributed by atoms with Crippen molar-refractivity contribution < 1.29 is 0 Å². The number of halogens is 1. The smallest absolute Gasteiger partial charge is 0.191 e. The van der Waals surface area contributed by atoms with Gasteiger partial charge in [0.25, 0.3) is 0 Å². The predicted molar refractivity (Wildman–Crippen MR) is 115 cm³/mol. The minimum Gasteiger partial charge on any atom is -0.357 e. The van der Waals surface area contributed by atoms with E-state index in [0.29, 0.717) is 6.04 Å². The van der Waals surface area contributed by atoms with Crippen LogP contribution in [0.25, 0.3) is 0 Å². The van der Waals surface area contributed by atoms with E-state index in [-0.39, 0.29) is 24.0 Å². The summed E-state index contributed by atoms with van der Waals surface area (Å²) in [4.78, 5) is 4.69. The van der Waals surface area contributed by atoms with Gasteiger partial charge in [0.2, 0.25) is 0 Å². The Morgan fingerprint density at radius 1 is 1.21 bits per heavy atom. The zero-order valence-corrected chi connectivity index (χ0v) is 18.6. The minimum absolute atomic E-state index is 0. The first kappa shape index (κ1) is 23.2. The van der Waals surface area contributed by atoms with Gasteiger partial charge >= 0.3 is 0 Å². The molecule has 0 amide bonds. The summed E-state index contributed by atoms with van der Waals surface area (Å²) >= 11 is 0. The Morgan fingerprint density at radius 3 is 2.46 bits per heavy atom. The Bertz CT molecular complexity index is 496. The lowest BCUT2D eigenvalue weighted by molar-refractivity contribution is 0.629. The van der Waals surface area contributed by atoms with Gasteiger partial charge in [-0.2, -0.15) is 5.10 Å². The number of hydrogen-bond acceptors (Lipinski definition) is 2. The summed E-state index contributed by atoms with van der Waals surface area (Å²) in [6.45, 7) is 12.5. The fourth-order valence-electron chi connectivity index (χ4n) is 2.75. The number of hydrogen-bond donors (Lipinski definition) is 2. The van der Waals surface area contributed by atoms with Crippen LogP contribution in [0.3, 0.4) is 0 Å². The maximum absolute atomic E-state index is 4.69. The Labute approximate surface area is 165 Å². The van der Waals surface area contributed by atoms with Crippen LogP contribution in [0, 0.1) is 13.8 Å². The molecule has 0 spiro atoms. The van der Waals surface area contributed by atoms with E-state index in [2.05, 4.69) is 50.4 Å². The van der Waals surface area contributed by atoms with Crippen LogP contribution in [-0.4, -0.2) is 34.9 Å². The first-order valence-electron chi connectivity index (χ1n) is 9.03. The topological polar surface area (TPSA) is 54.2 Å². The van der Waals surface area contributed by atoms with E-state index in [9.17, 15) is 0 Å². The average molecular weight is 449 g/mol. The maximum Gasteiger partial charge on any atom is 0.191 e. The monoisotopic (exact) mass is 449 g/mol. The number of nitrogens with one attached hydrogen (secondary N) is 2. The minimum atomic E-state index is 0. The second-order valence-corrected chi connectivity index (χ2v) is 6.34. The van der Waals surface area contributed by atoms with Gasteiger partial charge in [-0.05, 0) is 46.1 Å². The summed E-state index contributed by atoms with van der Waals surface area (Å²) in [5.74, 6) is 0.927. The normalized spacial score (nSPS) is 12.7. The Morgan fingerprint density at radius 2 is 1.92 bits per heavy atom. The molecular formula is C18H36IN5. The number of aliphatic imine (C=N–C) groups is 1. The molecule has 5 nitrogen and oxygen atoms in total. The first-order valence-corrected chi connectivity index (χ1v) is 9.03. The molecule has 2 N–H and O–H groups in total. The lowest BCUT2D eigenvalue weighted by Crippen LogP contribution is -2.43. The third kappa shape index (κ3) is 7.85. The fourth-order valence-corrected chi connectivity index (χ4v) is 2.75. The third-order valence-electron chi connectivity index (χ3n) is 4.18. The molecule has 1 aromatic heterocycles. The molecule has 0 aliphatic heterocycles. The Balaban J connectivity index is 0.00000529. The van der Waals surface area contributed by atoms with Gasteiger partial charge in [0.1, 0.15) is 0 Å². The van der Waals surface area contributed by atoms with Gasteiger partial charge in [-0.1, -0.05) is 26.2 Å². The Hall–Kier alpha value is -0.790. The molecule has 1 rings (SSSR count). The van der Waals surface area contributed by atoms with Crippen LogP contribution in [0.4, 0.5) is 0 Å². The zero-order valence-electron chi connectivity index (χ0n) is 16.3. The summed E-state index contributed by atoms with van der Waals surface area (Å²) in [6, 6.07) is 0.324. The van der Waals surface area contributed by atoms with Gasteiger partial charge in [-0.3, -0.25) is 9.67 Å². The zero-order chi connectivity index (χ0) is 17.2. The third-order valence-corrected chi connectivity index (χ3v) is 4.18. The summed E-state index contributed by atoms with van der Waals surface area (Å²) in [5, 5.41) is 11.4. The summed E-state index contributed by atoms with van der Waals surface area (Å²) in [5.41, 5.74) is 3.71. The van der Waals surface area contributed by atoms with Crippen molar-refractivity contribution >= 4 is 29.9 Å². The first-order chi connectivity index (χ1) is 11.0. The van der Waals surface area contributed by atoms with Crippen LogP contribution in [0.1, 0.15) is 63.4 Å². The SMILES string of the molecule is CCCCCCN=C(NCC)NC(C)Cc1c(C)nn(C)c1C.I. The average Bonchev–Trinajstić information content (AvgIpc) is 2.73. The molecule has 0 aromatic carbocycles. The molecule has 24 heavy (non-hydrogen) atoms. The van der Waals surface area contributed by atoms with Gasteiger partial charge in [0.05, 0.1) is 5.69 Å². The number of aromatic nitrogens is 2. The molecule has 0 bridgehead atoms. The highest BCUT2D eigenvalue weighted by atomic mass is 127. The number of guanidine groups is 1.